The summed E-state index contributed by atoms with van der Waals surface area (Å²) in [6, 6.07) is 0. The minimum Gasteiger partial charge on any atom is -0.381 e. The topological polar surface area (TPSA) is 18.5 Å². The number of hydrogen-bond acceptors (Lipinski definition) is 2. The van der Waals surface area contributed by atoms with Crippen LogP contribution in [0.2, 0.25) is 0 Å². The molecular formula is C23H44O2. The molecule has 0 spiro atoms. The predicted molar refractivity (Wildman–Crippen MR) is 107 cm³/mol. The number of rotatable bonds is 12. The number of hydrogen-bond donors (Lipinski definition) is 0. The average molecular weight is 353 g/mol. The van der Waals surface area contributed by atoms with Gasteiger partial charge in [0.1, 0.15) is 0 Å². The molecule has 0 aliphatic heterocycles. The van der Waals surface area contributed by atoms with Gasteiger partial charge < -0.3 is 9.47 Å². The van der Waals surface area contributed by atoms with Gasteiger partial charge in [-0.1, -0.05) is 65.2 Å². The lowest BCUT2D eigenvalue weighted by atomic mass is 9.59. The van der Waals surface area contributed by atoms with E-state index in [1.807, 2.05) is 0 Å². The monoisotopic (exact) mass is 352 g/mol. The van der Waals surface area contributed by atoms with Gasteiger partial charge >= 0.3 is 0 Å². The van der Waals surface area contributed by atoms with E-state index in [0.717, 1.165) is 38.3 Å². The van der Waals surface area contributed by atoms with E-state index in [1.165, 1.54) is 89.9 Å². The van der Waals surface area contributed by atoms with E-state index in [9.17, 15) is 0 Å². The summed E-state index contributed by atoms with van der Waals surface area (Å²) in [5, 5.41) is 0. The van der Waals surface area contributed by atoms with Crippen LogP contribution in [0.4, 0.5) is 0 Å². The first kappa shape index (κ1) is 21.2. The van der Waals surface area contributed by atoms with E-state index in [4.69, 9.17) is 9.47 Å². The third-order valence-corrected chi connectivity index (χ3v) is 6.86. The molecule has 0 unspecified atom stereocenters. The van der Waals surface area contributed by atoms with E-state index in [2.05, 4.69) is 13.8 Å². The van der Waals surface area contributed by atoms with Gasteiger partial charge in [-0.25, -0.2) is 0 Å². The van der Waals surface area contributed by atoms with Crippen LogP contribution < -0.4 is 0 Å². The summed E-state index contributed by atoms with van der Waals surface area (Å²) >= 11 is 0. The summed E-state index contributed by atoms with van der Waals surface area (Å²) in [7, 11) is 0. The minimum absolute atomic E-state index is 0.294. The first-order chi connectivity index (χ1) is 12.3. The van der Waals surface area contributed by atoms with Crippen LogP contribution in [0, 0.1) is 17.3 Å². The lowest BCUT2D eigenvalue weighted by molar-refractivity contribution is -0.107. The molecule has 2 rings (SSSR count). The number of unbranched alkanes of at least 4 members (excludes halogenated alkanes) is 2. The summed E-state index contributed by atoms with van der Waals surface area (Å²) in [4.78, 5) is 0. The molecule has 148 valence electrons. The van der Waals surface area contributed by atoms with Crippen molar-refractivity contribution in [1.29, 1.82) is 0 Å². The van der Waals surface area contributed by atoms with Gasteiger partial charge in [0.25, 0.3) is 0 Å². The van der Waals surface area contributed by atoms with Crippen molar-refractivity contribution in [3.8, 4) is 0 Å². The Balaban J connectivity index is 2.09. The summed E-state index contributed by atoms with van der Waals surface area (Å²) in [6.45, 7) is 8.29. The van der Waals surface area contributed by atoms with Crippen LogP contribution in [0.25, 0.3) is 0 Å². The van der Waals surface area contributed by atoms with Gasteiger partial charge in [0.15, 0.2) is 0 Å². The molecule has 25 heavy (non-hydrogen) atoms. The van der Waals surface area contributed by atoms with E-state index >= 15 is 0 Å². The molecule has 2 aliphatic rings. The average Bonchev–Trinajstić information content (AvgIpc) is 2.68. The highest BCUT2D eigenvalue weighted by molar-refractivity contribution is 4.94. The third kappa shape index (κ3) is 6.54. The maximum absolute atomic E-state index is 6.32. The lowest BCUT2D eigenvalue weighted by Crippen LogP contribution is -2.47. The molecule has 2 fully saturated rings. The van der Waals surface area contributed by atoms with Crippen LogP contribution in [-0.2, 0) is 9.47 Å². The Morgan fingerprint density at radius 1 is 0.640 bits per heavy atom. The summed E-state index contributed by atoms with van der Waals surface area (Å²) in [5.74, 6) is 1.65. The van der Waals surface area contributed by atoms with Crippen LogP contribution in [0.15, 0.2) is 0 Å². The van der Waals surface area contributed by atoms with Gasteiger partial charge in [-0.15, -0.1) is 0 Å². The first-order valence-corrected chi connectivity index (χ1v) is 11.5. The van der Waals surface area contributed by atoms with E-state index in [-0.39, 0.29) is 0 Å². The molecule has 2 heteroatoms. The fourth-order valence-electron chi connectivity index (χ4n) is 5.22. The van der Waals surface area contributed by atoms with Crippen molar-refractivity contribution in [2.45, 2.75) is 104 Å². The minimum atomic E-state index is 0.294. The Morgan fingerprint density at radius 3 is 1.40 bits per heavy atom. The molecule has 0 saturated heterocycles. The van der Waals surface area contributed by atoms with Crippen molar-refractivity contribution >= 4 is 0 Å². The van der Waals surface area contributed by atoms with Crippen molar-refractivity contribution in [1.82, 2.24) is 0 Å². The van der Waals surface area contributed by atoms with Gasteiger partial charge in [0, 0.05) is 18.6 Å². The van der Waals surface area contributed by atoms with Crippen molar-refractivity contribution in [3.05, 3.63) is 0 Å². The van der Waals surface area contributed by atoms with Crippen LogP contribution in [0.5, 0.6) is 0 Å². The van der Waals surface area contributed by atoms with Crippen LogP contribution in [0.3, 0.4) is 0 Å². The fourth-order valence-corrected chi connectivity index (χ4v) is 5.22. The zero-order valence-electron chi connectivity index (χ0n) is 17.2. The normalized spacial score (nSPS) is 20.9. The summed E-state index contributed by atoms with van der Waals surface area (Å²) in [6.07, 6.45) is 19.0. The summed E-state index contributed by atoms with van der Waals surface area (Å²) in [5.41, 5.74) is 0.294. The van der Waals surface area contributed by atoms with Crippen LogP contribution >= 0.6 is 0 Å². The highest BCUT2D eigenvalue weighted by Gasteiger charge is 2.46. The molecule has 0 aromatic carbocycles. The molecule has 0 radical (unpaired) electrons. The SMILES string of the molecule is CCCCOCC(COCCCC)(C1CCCCC1)C1CCCCC1. The second-order valence-electron chi connectivity index (χ2n) is 8.72. The molecule has 2 saturated carbocycles. The molecule has 0 atom stereocenters. The first-order valence-electron chi connectivity index (χ1n) is 11.5. The van der Waals surface area contributed by atoms with Gasteiger partial charge in [0.2, 0.25) is 0 Å². The van der Waals surface area contributed by atoms with Crippen molar-refractivity contribution < 1.29 is 9.47 Å². The Morgan fingerprint density at radius 2 is 1.04 bits per heavy atom. The summed E-state index contributed by atoms with van der Waals surface area (Å²) < 4.78 is 12.6. The zero-order valence-corrected chi connectivity index (χ0v) is 17.2. The molecule has 0 amide bonds. The van der Waals surface area contributed by atoms with Crippen LogP contribution in [-0.4, -0.2) is 26.4 Å². The molecule has 0 N–H and O–H groups in total. The lowest BCUT2D eigenvalue weighted by Gasteiger charge is -2.49. The Labute approximate surface area is 157 Å². The molecule has 0 aromatic heterocycles. The molecule has 0 heterocycles. The van der Waals surface area contributed by atoms with Crippen molar-refractivity contribution in [3.63, 3.8) is 0 Å². The molecule has 2 nitrogen and oxygen atoms in total. The Bertz CT molecular complexity index is 284. The quantitative estimate of drug-likeness (QED) is 0.361. The third-order valence-electron chi connectivity index (χ3n) is 6.86. The van der Waals surface area contributed by atoms with Crippen molar-refractivity contribution in [2.24, 2.45) is 17.3 Å². The van der Waals surface area contributed by atoms with Gasteiger partial charge in [-0.05, 0) is 50.4 Å². The zero-order chi connectivity index (χ0) is 17.8. The molecular weight excluding hydrogens is 308 g/mol. The number of ether oxygens (including phenoxy) is 2. The van der Waals surface area contributed by atoms with Crippen LogP contribution in [0.1, 0.15) is 104 Å². The Kier molecular flexibility index (Phi) is 10.5. The highest BCUT2D eigenvalue weighted by Crippen LogP contribution is 2.49. The van der Waals surface area contributed by atoms with E-state index < -0.39 is 0 Å². The molecule has 0 aromatic rings. The van der Waals surface area contributed by atoms with Crippen molar-refractivity contribution in [2.75, 3.05) is 26.4 Å². The predicted octanol–water partition coefficient (Wildman–Crippen LogP) is 6.77. The molecule has 2 aliphatic carbocycles. The smallest absolute Gasteiger partial charge is 0.0549 e. The van der Waals surface area contributed by atoms with Gasteiger partial charge in [-0.3, -0.25) is 0 Å². The highest BCUT2D eigenvalue weighted by atomic mass is 16.5. The standard InChI is InChI=1S/C23H44O2/c1-3-5-17-24-19-23(20-25-18-6-4-2,21-13-9-7-10-14-21)22-15-11-8-12-16-22/h21-22H,3-20H2,1-2H3. The fraction of sp³-hybridized carbons (Fsp3) is 1.00. The largest absolute Gasteiger partial charge is 0.381 e. The maximum Gasteiger partial charge on any atom is 0.0549 e. The molecule has 0 bridgehead atoms. The van der Waals surface area contributed by atoms with E-state index in [0.29, 0.717) is 5.41 Å². The second-order valence-corrected chi connectivity index (χ2v) is 8.72. The second kappa shape index (κ2) is 12.3. The Hall–Kier alpha value is -0.0800. The van der Waals surface area contributed by atoms with E-state index in [1.54, 1.807) is 0 Å². The van der Waals surface area contributed by atoms with Gasteiger partial charge in [0.05, 0.1) is 13.2 Å². The maximum atomic E-state index is 6.32. The van der Waals surface area contributed by atoms with Gasteiger partial charge in [-0.2, -0.15) is 0 Å².